The van der Waals surface area contributed by atoms with Gasteiger partial charge in [0.2, 0.25) is 5.91 Å². The summed E-state index contributed by atoms with van der Waals surface area (Å²) in [7, 11) is 0. The second kappa shape index (κ2) is 6.18. The minimum absolute atomic E-state index is 0.242. The minimum Gasteiger partial charge on any atom is -0.481 e. The van der Waals surface area contributed by atoms with Gasteiger partial charge in [0.1, 0.15) is 0 Å². The highest BCUT2D eigenvalue weighted by Gasteiger charge is 2.25. The van der Waals surface area contributed by atoms with Gasteiger partial charge in [0.25, 0.3) is 0 Å². The molecule has 1 aromatic heterocycles. The van der Waals surface area contributed by atoms with Crippen molar-refractivity contribution < 1.29 is 14.7 Å². The smallest absolute Gasteiger partial charge is 0.307 e. The van der Waals surface area contributed by atoms with Crippen molar-refractivity contribution in [1.29, 1.82) is 0 Å². The summed E-state index contributed by atoms with van der Waals surface area (Å²) < 4.78 is 1.74. The monoisotopic (exact) mass is 253 g/mol. The Hall–Kier alpha value is -1.85. The summed E-state index contributed by atoms with van der Waals surface area (Å²) >= 11 is 0. The number of amides is 1. The van der Waals surface area contributed by atoms with Gasteiger partial charge < -0.3 is 10.4 Å². The first-order valence-electron chi connectivity index (χ1n) is 5.91. The summed E-state index contributed by atoms with van der Waals surface area (Å²) in [5.74, 6) is -2.42. The standard InChI is InChI=1S/C12H19N3O3/c1-8-6-14-15(7-8)5-4-13-11(16)9(2)10(3)12(17)18/h6-7,9-10H,4-5H2,1-3H3,(H,13,16)(H,17,18). The van der Waals surface area contributed by atoms with Gasteiger partial charge in [-0.15, -0.1) is 0 Å². The quantitative estimate of drug-likeness (QED) is 0.780. The van der Waals surface area contributed by atoms with Crippen LogP contribution in [0.25, 0.3) is 0 Å². The van der Waals surface area contributed by atoms with Crippen LogP contribution in [-0.2, 0) is 16.1 Å². The number of carbonyl (C=O) groups is 2. The Labute approximate surface area is 106 Å². The number of aromatic nitrogens is 2. The number of nitrogens with zero attached hydrogens (tertiary/aromatic N) is 2. The van der Waals surface area contributed by atoms with Crippen LogP contribution >= 0.6 is 0 Å². The number of hydrogen-bond acceptors (Lipinski definition) is 3. The van der Waals surface area contributed by atoms with Gasteiger partial charge in [0, 0.05) is 18.7 Å². The van der Waals surface area contributed by atoms with E-state index in [-0.39, 0.29) is 5.91 Å². The molecule has 0 aliphatic rings. The highest BCUT2D eigenvalue weighted by Crippen LogP contribution is 2.10. The van der Waals surface area contributed by atoms with Gasteiger partial charge in [-0.05, 0) is 12.5 Å². The van der Waals surface area contributed by atoms with Crippen LogP contribution in [0.4, 0.5) is 0 Å². The molecule has 100 valence electrons. The van der Waals surface area contributed by atoms with Gasteiger partial charge in [-0.25, -0.2) is 0 Å². The van der Waals surface area contributed by atoms with Crippen LogP contribution in [0.5, 0.6) is 0 Å². The first-order chi connectivity index (χ1) is 8.41. The van der Waals surface area contributed by atoms with E-state index < -0.39 is 17.8 Å². The predicted octanol–water partition coefficient (Wildman–Crippen LogP) is 0.665. The maximum Gasteiger partial charge on any atom is 0.307 e. The van der Waals surface area contributed by atoms with E-state index in [9.17, 15) is 9.59 Å². The van der Waals surface area contributed by atoms with Gasteiger partial charge in [-0.1, -0.05) is 13.8 Å². The Morgan fingerprint density at radius 1 is 1.44 bits per heavy atom. The molecule has 0 saturated carbocycles. The minimum atomic E-state index is -0.958. The molecule has 1 rings (SSSR count). The fourth-order valence-electron chi connectivity index (χ4n) is 1.48. The van der Waals surface area contributed by atoms with Gasteiger partial charge in [-0.2, -0.15) is 5.10 Å². The lowest BCUT2D eigenvalue weighted by Gasteiger charge is -2.15. The summed E-state index contributed by atoms with van der Waals surface area (Å²) in [6.07, 6.45) is 3.63. The number of aryl methyl sites for hydroxylation is 1. The molecule has 18 heavy (non-hydrogen) atoms. The van der Waals surface area contributed by atoms with Crippen LogP contribution in [0.1, 0.15) is 19.4 Å². The van der Waals surface area contributed by atoms with E-state index in [1.165, 1.54) is 6.92 Å². The molecule has 0 radical (unpaired) electrons. The molecule has 0 bridgehead atoms. The van der Waals surface area contributed by atoms with Crippen molar-refractivity contribution in [1.82, 2.24) is 15.1 Å². The van der Waals surface area contributed by atoms with Crippen molar-refractivity contribution in [2.24, 2.45) is 11.8 Å². The highest BCUT2D eigenvalue weighted by molar-refractivity contribution is 5.84. The topological polar surface area (TPSA) is 84.2 Å². The molecule has 6 heteroatoms. The Morgan fingerprint density at radius 2 is 2.11 bits per heavy atom. The van der Waals surface area contributed by atoms with Crippen molar-refractivity contribution in [3.63, 3.8) is 0 Å². The van der Waals surface area contributed by atoms with Crippen LogP contribution in [0.2, 0.25) is 0 Å². The number of aliphatic carboxylic acids is 1. The predicted molar refractivity (Wildman–Crippen MR) is 65.9 cm³/mol. The largest absolute Gasteiger partial charge is 0.481 e. The average Bonchev–Trinajstić information content (AvgIpc) is 2.72. The Balaban J connectivity index is 2.35. The van der Waals surface area contributed by atoms with Gasteiger partial charge in [0.15, 0.2) is 0 Å². The molecule has 0 aromatic carbocycles. The molecule has 0 spiro atoms. The van der Waals surface area contributed by atoms with Crippen molar-refractivity contribution in [2.45, 2.75) is 27.3 Å². The number of carboxylic acid groups (broad SMARTS) is 1. The molecule has 2 unspecified atom stereocenters. The van der Waals surface area contributed by atoms with Crippen molar-refractivity contribution >= 4 is 11.9 Å². The third-order valence-electron chi connectivity index (χ3n) is 2.96. The van der Waals surface area contributed by atoms with E-state index in [1.54, 1.807) is 17.8 Å². The zero-order valence-corrected chi connectivity index (χ0v) is 10.9. The zero-order chi connectivity index (χ0) is 13.7. The zero-order valence-electron chi connectivity index (χ0n) is 10.9. The third kappa shape index (κ3) is 3.87. The van der Waals surface area contributed by atoms with Crippen molar-refractivity contribution in [2.75, 3.05) is 6.54 Å². The van der Waals surface area contributed by atoms with Crippen LogP contribution in [0, 0.1) is 18.8 Å². The Kier molecular flexibility index (Phi) is 4.88. The summed E-state index contributed by atoms with van der Waals surface area (Å²) in [5.41, 5.74) is 1.06. The highest BCUT2D eigenvalue weighted by atomic mass is 16.4. The first kappa shape index (κ1) is 14.2. The lowest BCUT2D eigenvalue weighted by molar-refractivity contribution is -0.146. The van der Waals surface area contributed by atoms with E-state index in [2.05, 4.69) is 10.4 Å². The second-order valence-corrected chi connectivity index (χ2v) is 4.49. The van der Waals surface area contributed by atoms with Crippen LogP contribution < -0.4 is 5.32 Å². The van der Waals surface area contributed by atoms with Crippen LogP contribution in [0.15, 0.2) is 12.4 Å². The summed E-state index contributed by atoms with van der Waals surface area (Å²) in [4.78, 5) is 22.4. The Bertz CT molecular complexity index is 428. The van der Waals surface area contributed by atoms with Crippen molar-refractivity contribution in [3.8, 4) is 0 Å². The fourth-order valence-corrected chi connectivity index (χ4v) is 1.48. The summed E-state index contributed by atoms with van der Waals surface area (Å²) in [5, 5.41) is 15.6. The molecule has 0 fully saturated rings. The average molecular weight is 253 g/mol. The van der Waals surface area contributed by atoms with E-state index in [0.29, 0.717) is 13.1 Å². The van der Waals surface area contributed by atoms with E-state index >= 15 is 0 Å². The van der Waals surface area contributed by atoms with Gasteiger partial charge >= 0.3 is 5.97 Å². The van der Waals surface area contributed by atoms with E-state index in [0.717, 1.165) is 5.56 Å². The molecule has 1 amide bonds. The lowest BCUT2D eigenvalue weighted by atomic mass is 9.95. The molecular formula is C12H19N3O3. The molecule has 1 heterocycles. The number of carbonyl (C=O) groups excluding carboxylic acids is 1. The SMILES string of the molecule is Cc1cnn(CCNC(=O)C(C)C(C)C(=O)O)c1. The van der Waals surface area contributed by atoms with E-state index in [4.69, 9.17) is 5.11 Å². The Morgan fingerprint density at radius 3 is 2.61 bits per heavy atom. The molecule has 2 atom stereocenters. The summed E-state index contributed by atoms with van der Waals surface area (Å²) in [6.45, 7) is 6.11. The normalized spacial score (nSPS) is 13.9. The summed E-state index contributed by atoms with van der Waals surface area (Å²) in [6, 6.07) is 0. The van der Waals surface area contributed by atoms with Crippen LogP contribution in [0.3, 0.4) is 0 Å². The number of hydrogen-bond donors (Lipinski definition) is 2. The molecule has 1 aromatic rings. The van der Waals surface area contributed by atoms with E-state index in [1.807, 2.05) is 13.1 Å². The van der Waals surface area contributed by atoms with Gasteiger partial charge in [0.05, 0.1) is 18.7 Å². The maximum atomic E-state index is 11.7. The molecule has 0 aliphatic carbocycles. The molecule has 6 nitrogen and oxygen atoms in total. The fraction of sp³-hybridized carbons (Fsp3) is 0.583. The second-order valence-electron chi connectivity index (χ2n) is 4.49. The maximum absolute atomic E-state index is 11.7. The number of carboxylic acids is 1. The third-order valence-corrected chi connectivity index (χ3v) is 2.96. The molecule has 0 aliphatic heterocycles. The number of rotatable bonds is 6. The first-order valence-corrected chi connectivity index (χ1v) is 5.91. The van der Waals surface area contributed by atoms with Gasteiger partial charge in [-0.3, -0.25) is 14.3 Å². The lowest BCUT2D eigenvalue weighted by Crippen LogP contribution is -2.36. The molecule has 2 N–H and O–H groups in total. The number of nitrogens with one attached hydrogen (secondary N) is 1. The van der Waals surface area contributed by atoms with Crippen LogP contribution in [-0.4, -0.2) is 33.3 Å². The molecular weight excluding hydrogens is 234 g/mol. The molecule has 0 saturated heterocycles. The van der Waals surface area contributed by atoms with Crippen molar-refractivity contribution in [3.05, 3.63) is 18.0 Å².